The van der Waals surface area contributed by atoms with Gasteiger partial charge in [-0.1, -0.05) is 6.07 Å². The van der Waals surface area contributed by atoms with Crippen LogP contribution in [0.3, 0.4) is 0 Å². The van der Waals surface area contributed by atoms with Gasteiger partial charge in [0.15, 0.2) is 0 Å². The van der Waals surface area contributed by atoms with Gasteiger partial charge in [0.05, 0.1) is 21.1 Å². The van der Waals surface area contributed by atoms with E-state index in [1.165, 1.54) is 6.07 Å². The van der Waals surface area contributed by atoms with Crippen LogP contribution in [0.5, 0.6) is 0 Å². The average Bonchev–Trinajstić information content (AvgIpc) is 2.69. The van der Waals surface area contributed by atoms with Crippen molar-refractivity contribution in [3.8, 4) is 0 Å². The molecule has 0 fully saturated rings. The van der Waals surface area contributed by atoms with E-state index in [1.54, 1.807) is 16.8 Å². The number of aromatic nitrogens is 3. The standard InChI is InChI=1S/C14H12FIN4/c1-8-2-3-9(6-18-8)7-20-13-4-10(15)11(16)5-12(13)19-14(20)17/h2-6H,7H2,1H3,(H2,17,19). The van der Waals surface area contributed by atoms with Gasteiger partial charge in [-0.25, -0.2) is 9.37 Å². The Morgan fingerprint density at radius 1 is 1.35 bits per heavy atom. The molecule has 3 aromatic rings. The Kier molecular flexibility index (Phi) is 3.33. The number of imidazole rings is 1. The maximum Gasteiger partial charge on any atom is 0.201 e. The van der Waals surface area contributed by atoms with Crippen LogP contribution in [0.2, 0.25) is 0 Å². The van der Waals surface area contributed by atoms with E-state index in [1.807, 2.05) is 41.6 Å². The van der Waals surface area contributed by atoms with E-state index in [9.17, 15) is 4.39 Å². The predicted octanol–water partition coefficient (Wildman–Crippen LogP) is 3.11. The zero-order chi connectivity index (χ0) is 14.3. The zero-order valence-electron chi connectivity index (χ0n) is 10.8. The van der Waals surface area contributed by atoms with Gasteiger partial charge in [0.25, 0.3) is 0 Å². The van der Waals surface area contributed by atoms with Crippen molar-refractivity contribution in [3.05, 3.63) is 51.1 Å². The SMILES string of the molecule is Cc1ccc(Cn2c(N)nc3cc(I)c(F)cc32)cn1. The average molecular weight is 382 g/mol. The van der Waals surface area contributed by atoms with Crippen molar-refractivity contribution < 1.29 is 4.39 Å². The third-order valence-corrected chi connectivity index (χ3v) is 3.96. The third-order valence-electron chi connectivity index (χ3n) is 3.13. The lowest BCUT2D eigenvalue weighted by Crippen LogP contribution is -2.05. The molecule has 0 aliphatic heterocycles. The summed E-state index contributed by atoms with van der Waals surface area (Å²) in [4.78, 5) is 8.53. The number of fused-ring (bicyclic) bond motifs is 1. The molecule has 0 atom stereocenters. The molecule has 2 N–H and O–H groups in total. The first kappa shape index (κ1) is 13.3. The smallest absolute Gasteiger partial charge is 0.201 e. The minimum Gasteiger partial charge on any atom is -0.369 e. The van der Waals surface area contributed by atoms with Crippen LogP contribution in [0.15, 0.2) is 30.5 Å². The Morgan fingerprint density at radius 2 is 2.15 bits per heavy atom. The molecule has 3 rings (SSSR count). The molecule has 0 saturated heterocycles. The van der Waals surface area contributed by atoms with Gasteiger partial charge >= 0.3 is 0 Å². The molecular formula is C14H12FIN4. The summed E-state index contributed by atoms with van der Waals surface area (Å²) in [5.74, 6) is 0.114. The number of rotatable bonds is 2. The van der Waals surface area contributed by atoms with Crippen LogP contribution < -0.4 is 5.73 Å². The van der Waals surface area contributed by atoms with Gasteiger partial charge in [0.1, 0.15) is 5.82 Å². The van der Waals surface area contributed by atoms with Gasteiger partial charge in [-0.2, -0.15) is 0 Å². The summed E-state index contributed by atoms with van der Waals surface area (Å²) in [7, 11) is 0. The van der Waals surface area contributed by atoms with Crippen molar-refractivity contribution in [3.63, 3.8) is 0 Å². The van der Waals surface area contributed by atoms with E-state index < -0.39 is 0 Å². The number of nitrogens with two attached hydrogens (primary N) is 1. The van der Waals surface area contributed by atoms with Crippen LogP contribution in [-0.4, -0.2) is 14.5 Å². The van der Waals surface area contributed by atoms with E-state index in [4.69, 9.17) is 5.73 Å². The highest BCUT2D eigenvalue weighted by atomic mass is 127. The number of aryl methyl sites for hydroxylation is 1. The van der Waals surface area contributed by atoms with Gasteiger partial charge in [-0.15, -0.1) is 0 Å². The van der Waals surface area contributed by atoms with Gasteiger partial charge < -0.3 is 10.3 Å². The second kappa shape index (κ2) is 5.01. The van der Waals surface area contributed by atoms with Crippen LogP contribution in [0.1, 0.15) is 11.3 Å². The van der Waals surface area contributed by atoms with Crippen molar-refractivity contribution in [2.24, 2.45) is 0 Å². The fourth-order valence-electron chi connectivity index (χ4n) is 2.08. The fraction of sp³-hybridized carbons (Fsp3) is 0.143. The molecule has 102 valence electrons. The first-order chi connectivity index (χ1) is 9.54. The number of benzene rings is 1. The summed E-state index contributed by atoms with van der Waals surface area (Å²) >= 11 is 1.95. The Balaban J connectivity index is 2.08. The van der Waals surface area contributed by atoms with Crippen molar-refractivity contribution in [2.45, 2.75) is 13.5 Å². The molecule has 0 saturated carbocycles. The monoisotopic (exact) mass is 382 g/mol. The van der Waals surface area contributed by atoms with E-state index >= 15 is 0 Å². The summed E-state index contributed by atoms with van der Waals surface area (Å²) in [6, 6.07) is 7.10. The Bertz CT molecular complexity index is 780. The molecule has 0 spiro atoms. The summed E-state index contributed by atoms with van der Waals surface area (Å²) in [6.07, 6.45) is 1.80. The van der Waals surface area contributed by atoms with Crippen molar-refractivity contribution in [2.75, 3.05) is 5.73 Å². The van der Waals surface area contributed by atoms with Crippen molar-refractivity contribution in [1.82, 2.24) is 14.5 Å². The van der Waals surface area contributed by atoms with Gasteiger partial charge in [0, 0.05) is 18.0 Å². The minimum atomic E-state index is -0.263. The first-order valence-electron chi connectivity index (χ1n) is 6.07. The number of hydrogen-bond donors (Lipinski definition) is 1. The highest BCUT2D eigenvalue weighted by Crippen LogP contribution is 2.23. The Labute approximate surface area is 129 Å². The van der Waals surface area contributed by atoms with Crippen molar-refractivity contribution in [1.29, 1.82) is 0 Å². The molecule has 6 heteroatoms. The highest BCUT2D eigenvalue weighted by molar-refractivity contribution is 14.1. The van der Waals surface area contributed by atoms with Crippen LogP contribution in [-0.2, 0) is 6.54 Å². The third kappa shape index (κ3) is 2.35. The van der Waals surface area contributed by atoms with Gasteiger partial charge in [-0.05, 0) is 47.2 Å². The lowest BCUT2D eigenvalue weighted by molar-refractivity contribution is 0.621. The van der Waals surface area contributed by atoms with Crippen LogP contribution in [0, 0.1) is 16.3 Å². The largest absolute Gasteiger partial charge is 0.369 e. The van der Waals surface area contributed by atoms with Gasteiger partial charge in [0.2, 0.25) is 5.95 Å². The molecule has 2 aromatic heterocycles. The number of nitrogens with zero attached hydrogens (tertiary/aromatic N) is 3. The number of nitrogen functional groups attached to an aromatic ring is 1. The zero-order valence-corrected chi connectivity index (χ0v) is 12.9. The second-order valence-electron chi connectivity index (χ2n) is 4.62. The summed E-state index contributed by atoms with van der Waals surface area (Å²) < 4.78 is 16.1. The fourth-order valence-corrected chi connectivity index (χ4v) is 2.53. The summed E-state index contributed by atoms with van der Waals surface area (Å²) in [5.41, 5.74) is 9.29. The molecule has 0 bridgehead atoms. The Morgan fingerprint density at radius 3 is 2.85 bits per heavy atom. The van der Waals surface area contributed by atoms with Crippen LogP contribution in [0.4, 0.5) is 10.3 Å². The van der Waals surface area contributed by atoms with Gasteiger partial charge in [-0.3, -0.25) is 4.98 Å². The molecule has 0 radical (unpaired) electrons. The molecule has 4 nitrogen and oxygen atoms in total. The lowest BCUT2D eigenvalue weighted by atomic mass is 10.2. The molecule has 2 heterocycles. The predicted molar refractivity (Wildman–Crippen MR) is 84.9 cm³/mol. The molecular weight excluding hydrogens is 370 g/mol. The second-order valence-corrected chi connectivity index (χ2v) is 5.78. The molecule has 20 heavy (non-hydrogen) atoms. The normalized spacial score (nSPS) is 11.2. The summed E-state index contributed by atoms with van der Waals surface area (Å²) in [5, 5.41) is 0. The Hall–Kier alpha value is -1.70. The minimum absolute atomic E-state index is 0.263. The first-order valence-corrected chi connectivity index (χ1v) is 7.15. The molecule has 0 aliphatic carbocycles. The highest BCUT2D eigenvalue weighted by Gasteiger charge is 2.12. The molecule has 0 aliphatic rings. The van der Waals surface area contributed by atoms with E-state index in [-0.39, 0.29) is 5.82 Å². The van der Waals surface area contributed by atoms with Crippen LogP contribution in [0.25, 0.3) is 11.0 Å². The van der Waals surface area contributed by atoms with E-state index in [0.717, 1.165) is 11.3 Å². The van der Waals surface area contributed by atoms with E-state index in [0.29, 0.717) is 27.1 Å². The van der Waals surface area contributed by atoms with E-state index in [2.05, 4.69) is 9.97 Å². The number of hydrogen-bond acceptors (Lipinski definition) is 3. The number of pyridine rings is 1. The molecule has 0 unspecified atom stereocenters. The van der Waals surface area contributed by atoms with Crippen LogP contribution >= 0.6 is 22.6 Å². The van der Waals surface area contributed by atoms with Crippen molar-refractivity contribution >= 4 is 39.6 Å². The quantitative estimate of drug-likeness (QED) is 0.693. The molecule has 1 aromatic carbocycles. The number of anilines is 1. The lowest BCUT2D eigenvalue weighted by Gasteiger charge is -2.07. The maximum atomic E-state index is 13.7. The topological polar surface area (TPSA) is 56.7 Å². The summed E-state index contributed by atoms with van der Waals surface area (Å²) in [6.45, 7) is 2.46. The molecule has 0 amide bonds. The maximum absolute atomic E-state index is 13.7. The number of halogens is 2.